The lowest BCUT2D eigenvalue weighted by molar-refractivity contribution is 0.0778. The van der Waals surface area contributed by atoms with Crippen molar-refractivity contribution in [1.82, 2.24) is 4.90 Å². The summed E-state index contributed by atoms with van der Waals surface area (Å²) in [5, 5.41) is 9.28. The van der Waals surface area contributed by atoms with Crippen LogP contribution >= 0.6 is 0 Å². The molecule has 88 valence electrons. The molecule has 0 heterocycles. The quantitative estimate of drug-likeness (QED) is 0.851. The van der Waals surface area contributed by atoms with Gasteiger partial charge in [-0.15, -0.1) is 0 Å². The Morgan fingerprint density at radius 2 is 2.06 bits per heavy atom. The Balaban J connectivity index is 2.88. The second-order valence-electron chi connectivity index (χ2n) is 4.58. The minimum absolute atomic E-state index is 0.00574. The molecule has 0 bridgehead atoms. The lowest BCUT2D eigenvalue weighted by Gasteiger charge is -2.20. The summed E-state index contributed by atoms with van der Waals surface area (Å²) in [5.74, 6) is 0.651. The van der Waals surface area contributed by atoms with E-state index in [1.54, 1.807) is 30.1 Å². The molecule has 1 N–H and O–H groups in total. The van der Waals surface area contributed by atoms with Gasteiger partial charge in [0.15, 0.2) is 0 Å². The van der Waals surface area contributed by atoms with Gasteiger partial charge in [0.25, 0.3) is 5.91 Å². The first-order valence-electron chi connectivity index (χ1n) is 5.47. The first kappa shape index (κ1) is 12.6. The molecule has 1 aromatic rings. The summed E-state index contributed by atoms with van der Waals surface area (Å²) >= 11 is 0. The third kappa shape index (κ3) is 2.99. The van der Waals surface area contributed by atoms with E-state index in [9.17, 15) is 9.90 Å². The molecule has 1 rings (SSSR count). The monoisotopic (exact) mass is 221 g/mol. The predicted octanol–water partition coefficient (Wildman–Crippen LogP) is 2.43. The number of rotatable bonds is 3. The van der Waals surface area contributed by atoms with Gasteiger partial charge in [0.2, 0.25) is 0 Å². The Bertz CT molecular complexity index is 386. The van der Waals surface area contributed by atoms with Crippen molar-refractivity contribution < 1.29 is 9.90 Å². The third-order valence-electron chi connectivity index (χ3n) is 2.43. The van der Waals surface area contributed by atoms with Crippen LogP contribution in [0.4, 0.5) is 0 Å². The molecule has 0 aliphatic rings. The maximum Gasteiger partial charge on any atom is 0.253 e. The molecule has 3 nitrogen and oxygen atoms in total. The summed E-state index contributed by atoms with van der Waals surface area (Å²) in [4.78, 5) is 13.8. The van der Waals surface area contributed by atoms with Crippen LogP contribution in [-0.4, -0.2) is 29.5 Å². The highest BCUT2D eigenvalue weighted by Crippen LogP contribution is 2.17. The third-order valence-corrected chi connectivity index (χ3v) is 2.43. The van der Waals surface area contributed by atoms with Crippen molar-refractivity contribution in [2.24, 2.45) is 5.92 Å². The molecule has 0 fully saturated rings. The summed E-state index contributed by atoms with van der Waals surface area (Å²) in [6.07, 6.45) is 0. The number of benzene rings is 1. The van der Waals surface area contributed by atoms with Gasteiger partial charge in [-0.2, -0.15) is 0 Å². The van der Waals surface area contributed by atoms with Crippen molar-refractivity contribution in [1.29, 1.82) is 0 Å². The molecule has 1 amide bonds. The van der Waals surface area contributed by atoms with Crippen LogP contribution in [0.25, 0.3) is 0 Å². The molecule has 0 unspecified atom stereocenters. The molecule has 0 saturated carbocycles. The molecular weight excluding hydrogens is 202 g/mol. The molecule has 3 heteroatoms. The summed E-state index contributed by atoms with van der Waals surface area (Å²) in [6.45, 7) is 6.72. The van der Waals surface area contributed by atoms with Crippen LogP contribution in [0.3, 0.4) is 0 Å². The second-order valence-corrected chi connectivity index (χ2v) is 4.58. The van der Waals surface area contributed by atoms with Gasteiger partial charge >= 0.3 is 0 Å². The highest BCUT2D eigenvalue weighted by Gasteiger charge is 2.14. The Kier molecular flexibility index (Phi) is 3.93. The van der Waals surface area contributed by atoms with Crippen molar-refractivity contribution >= 4 is 5.91 Å². The molecule has 0 saturated heterocycles. The molecule has 0 atom stereocenters. The van der Waals surface area contributed by atoms with E-state index >= 15 is 0 Å². The number of carbonyl (C=O) groups is 1. The maximum absolute atomic E-state index is 12.1. The number of amides is 1. The zero-order valence-corrected chi connectivity index (χ0v) is 10.3. The standard InChI is InChI=1S/C13H19NO2/c1-9(2)8-14(4)13(16)12-6-5-11(15)7-10(12)3/h5-7,9,15H,8H2,1-4H3. The van der Waals surface area contributed by atoms with Gasteiger partial charge in [0.05, 0.1) is 0 Å². The first-order valence-corrected chi connectivity index (χ1v) is 5.47. The summed E-state index contributed by atoms with van der Waals surface area (Å²) in [6, 6.07) is 4.82. The zero-order chi connectivity index (χ0) is 12.3. The highest BCUT2D eigenvalue weighted by molar-refractivity contribution is 5.95. The predicted molar refractivity (Wildman–Crippen MR) is 64.6 cm³/mol. The number of phenolic OH excluding ortho intramolecular Hbond substituents is 1. The number of aryl methyl sites for hydroxylation is 1. The van der Waals surface area contributed by atoms with Crippen LogP contribution in [0.2, 0.25) is 0 Å². The van der Waals surface area contributed by atoms with Crippen LogP contribution < -0.4 is 0 Å². The molecular formula is C13H19NO2. The van der Waals surface area contributed by atoms with E-state index in [0.29, 0.717) is 11.5 Å². The summed E-state index contributed by atoms with van der Waals surface area (Å²) < 4.78 is 0. The SMILES string of the molecule is Cc1cc(O)ccc1C(=O)N(C)CC(C)C. The van der Waals surface area contributed by atoms with Gasteiger partial charge in [-0.25, -0.2) is 0 Å². The molecule has 0 spiro atoms. The van der Waals surface area contributed by atoms with E-state index in [-0.39, 0.29) is 11.7 Å². The molecule has 0 aliphatic heterocycles. The minimum Gasteiger partial charge on any atom is -0.508 e. The number of hydrogen-bond donors (Lipinski definition) is 1. The Labute approximate surface area is 96.7 Å². The normalized spacial score (nSPS) is 10.6. The smallest absolute Gasteiger partial charge is 0.253 e. The van der Waals surface area contributed by atoms with Gasteiger partial charge in [-0.05, 0) is 36.6 Å². The van der Waals surface area contributed by atoms with Crippen LogP contribution in [0, 0.1) is 12.8 Å². The molecule has 16 heavy (non-hydrogen) atoms. The topological polar surface area (TPSA) is 40.5 Å². The van der Waals surface area contributed by atoms with Crippen LogP contribution in [-0.2, 0) is 0 Å². The summed E-state index contributed by atoms with van der Waals surface area (Å²) in [7, 11) is 1.80. The van der Waals surface area contributed by atoms with Crippen molar-refractivity contribution in [3.05, 3.63) is 29.3 Å². The van der Waals surface area contributed by atoms with E-state index in [0.717, 1.165) is 12.1 Å². The van der Waals surface area contributed by atoms with Gasteiger partial charge in [-0.3, -0.25) is 4.79 Å². The fourth-order valence-electron chi connectivity index (χ4n) is 1.72. The Morgan fingerprint density at radius 1 is 1.44 bits per heavy atom. The fourth-order valence-corrected chi connectivity index (χ4v) is 1.72. The maximum atomic E-state index is 12.1. The van der Waals surface area contributed by atoms with Crippen molar-refractivity contribution in [3.63, 3.8) is 0 Å². The zero-order valence-electron chi connectivity index (χ0n) is 10.3. The number of phenols is 1. The Hall–Kier alpha value is -1.51. The van der Waals surface area contributed by atoms with E-state index in [1.807, 2.05) is 6.92 Å². The minimum atomic E-state index is 0.00574. The number of carbonyl (C=O) groups excluding carboxylic acids is 1. The number of nitrogens with zero attached hydrogens (tertiary/aromatic N) is 1. The second kappa shape index (κ2) is 5.01. The van der Waals surface area contributed by atoms with E-state index in [2.05, 4.69) is 13.8 Å². The van der Waals surface area contributed by atoms with Crippen molar-refractivity contribution in [2.75, 3.05) is 13.6 Å². The molecule has 0 aliphatic carbocycles. The van der Waals surface area contributed by atoms with Gasteiger partial charge in [0, 0.05) is 19.2 Å². The van der Waals surface area contributed by atoms with Crippen molar-refractivity contribution in [2.45, 2.75) is 20.8 Å². The van der Waals surface area contributed by atoms with Gasteiger partial charge < -0.3 is 10.0 Å². The van der Waals surface area contributed by atoms with Crippen molar-refractivity contribution in [3.8, 4) is 5.75 Å². The van der Waals surface area contributed by atoms with E-state index in [4.69, 9.17) is 0 Å². The largest absolute Gasteiger partial charge is 0.508 e. The lowest BCUT2D eigenvalue weighted by Crippen LogP contribution is -2.30. The van der Waals surface area contributed by atoms with E-state index < -0.39 is 0 Å². The first-order chi connectivity index (χ1) is 7.41. The highest BCUT2D eigenvalue weighted by atomic mass is 16.3. The molecule has 0 aromatic heterocycles. The van der Waals surface area contributed by atoms with Gasteiger partial charge in [-0.1, -0.05) is 13.8 Å². The molecule has 0 radical (unpaired) electrons. The lowest BCUT2D eigenvalue weighted by atomic mass is 10.1. The average Bonchev–Trinajstić information content (AvgIpc) is 2.15. The van der Waals surface area contributed by atoms with Crippen LogP contribution in [0.1, 0.15) is 29.8 Å². The number of hydrogen-bond acceptors (Lipinski definition) is 2. The van der Waals surface area contributed by atoms with Crippen LogP contribution in [0.15, 0.2) is 18.2 Å². The van der Waals surface area contributed by atoms with E-state index in [1.165, 1.54) is 0 Å². The Morgan fingerprint density at radius 3 is 2.56 bits per heavy atom. The van der Waals surface area contributed by atoms with Gasteiger partial charge in [0.1, 0.15) is 5.75 Å². The fraction of sp³-hybridized carbons (Fsp3) is 0.462. The van der Waals surface area contributed by atoms with Crippen LogP contribution in [0.5, 0.6) is 5.75 Å². The number of aromatic hydroxyl groups is 1. The molecule has 1 aromatic carbocycles. The summed E-state index contributed by atoms with van der Waals surface area (Å²) in [5.41, 5.74) is 1.46. The average molecular weight is 221 g/mol.